The number of hydrogen-bond acceptors (Lipinski definition) is 3. The first kappa shape index (κ1) is 16.5. The fraction of sp³-hybridized carbons (Fsp3) is 0.562. The van der Waals surface area contributed by atoms with Gasteiger partial charge < -0.3 is 15.4 Å². The summed E-state index contributed by atoms with van der Waals surface area (Å²) in [5.74, 6) is 0.642. The molecule has 2 N–H and O–H groups in total. The molecule has 0 aliphatic carbocycles. The minimum atomic E-state index is -0.0889. The molecule has 1 aromatic rings. The first-order chi connectivity index (χ1) is 9.65. The number of amides is 1. The maximum absolute atomic E-state index is 11.3. The van der Waals surface area contributed by atoms with Crippen LogP contribution in [-0.4, -0.2) is 31.6 Å². The number of nitrogens with one attached hydrogen (secondary N) is 2. The first-order valence-electron chi connectivity index (χ1n) is 7.37. The van der Waals surface area contributed by atoms with E-state index in [1.807, 2.05) is 19.1 Å². The van der Waals surface area contributed by atoms with Crippen molar-refractivity contribution in [2.75, 3.05) is 19.7 Å². The fourth-order valence-electron chi connectivity index (χ4n) is 1.94. The summed E-state index contributed by atoms with van der Waals surface area (Å²) >= 11 is 0. The summed E-state index contributed by atoms with van der Waals surface area (Å²) in [6, 6.07) is 8.41. The molecule has 0 spiro atoms. The smallest absolute Gasteiger partial charge is 0.257 e. The van der Waals surface area contributed by atoms with Crippen LogP contribution in [0.2, 0.25) is 0 Å². The van der Waals surface area contributed by atoms with E-state index in [1.165, 1.54) is 5.56 Å². The Hall–Kier alpha value is -1.55. The maximum Gasteiger partial charge on any atom is 0.257 e. The van der Waals surface area contributed by atoms with Gasteiger partial charge in [0.05, 0.1) is 0 Å². The van der Waals surface area contributed by atoms with E-state index in [1.54, 1.807) is 0 Å². The Kier molecular flexibility index (Phi) is 7.73. The van der Waals surface area contributed by atoms with Crippen LogP contribution in [-0.2, 0) is 11.2 Å². The van der Waals surface area contributed by atoms with Crippen LogP contribution in [0, 0.1) is 0 Å². The molecule has 0 aromatic heterocycles. The molecule has 0 aliphatic heterocycles. The molecular weight excluding hydrogens is 252 g/mol. The molecule has 1 unspecified atom stereocenters. The van der Waals surface area contributed by atoms with Gasteiger partial charge in [-0.2, -0.15) is 0 Å². The van der Waals surface area contributed by atoms with Crippen LogP contribution < -0.4 is 15.4 Å². The van der Waals surface area contributed by atoms with Gasteiger partial charge in [0.25, 0.3) is 5.91 Å². The molecule has 0 heterocycles. The maximum atomic E-state index is 11.3. The molecule has 20 heavy (non-hydrogen) atoms. The van der Waals surface area contributed by atoms with Gasteiger partial charge in [0, 0.05) is 12.6 Å². The Balaban J connectivity index is 2.38. The number of hydrogen-bond donors (Lipinski definition) is 2. The normalized spacial score (nSPS) is 11.9. The van der Waals surface area contributed by atoms with Crippen molar-refractivity contribution < 1.29 is 9.53 Å². The van der Waals surface area contributed by atoms with Crippen molar-refractivity contribution in [3.8, 4) is 5.75 Å². The second-order valence-corrected chi connectivity index (χ2v) is 4.95. The van der Waals surface area contributed by atoms with E-state index in [-0.39, 0.29) is 12.5 Å². The number of likely N-dealkylation sites (N-methyl/N-ethyl adjacent to an activating group) is 1. The molecular formula is C16H26N2O2. The molecule has 0 aliphatic rings. The number of rotatable bonds is 9. The topological polar surface area (TPSA) is 50.4 Å². The Morgan fingerprint density at radius 2 is 1.95 bits per heavy atom. The molecule has 4 nitrogen and oxygen atoms in total. The number of benzene rings is 1. The summed E-state index contributed by atoms with van der Waals surface area (Å²) in [4.78, 5) is 11.3. The molecule has 1 amide bonds. The molecule has 0 fully saturated rings. The number of carbonyl (C=O) groups excluding carboxylic acids is 1. The Labute approximate surface area is 121 Å². The summed E-state index contributed by atoms with van der Waals surface area (Å²) in [6.45, 7) is 8.00. The molecule has 112 valence electrons. The second kappa shape index (κ2) is 9.37. The summed E-state index contributed by atoms with van der Waals surface area (Å²) in [7, 11) is 0. The van der Waals surface area contributed by atoms with Crippen LogP contribution >= 0.6 is 0 Å². The second-order valence-electron chi connectivity index (χ2n) is 4.95. The lowest BCUT2D eigenvalue weighted by Gasteiger charge is -2.13. The first-order valence-corrected chi connectivity index (χ1v) is 7.37. The van der Waals surface area contributed by atoms with Gasteiger partial charge >= 0.3 is 0 Å². The van der Waals surface area contributed by atoms with E-state index in [4.69, 9.17) is 4.74 Å². The average molecular weight is 278 g/mol. The quantitative estimate of drug-likeness (QED) is 0.727. The minimum absolute atomic E-state index is 0.0711. The highest BCUT2D eigenvalue weighted by Crippen LogP contribution is 2.13. The van der Waals surface area contributed by atoms with Crippen LogP contribution in [0.3, 0.4) is 0 Å². The predicted octanol–water partition coefficient (Wildman–Crippen LogP) is 2.13. The molecule has 0 radical (unpaired) electrons. The zero-order valence-corrected chi connectivity index (χ0v) is 12.7. The minimum Gasteiger partial charge on any atom is -0.484 e. The molecule has 4 heteroatoms. The Bertz CT molecular complexity index is 390. The largest absolute Gasteiger partial charge is 0.484 e. The van der Waals surface area contributed by atoms with Crippen molar-refractivity contribution in [3.63, 3.8) is 0 Å². The van der Waals surface area contributed by atoms with Crippen LogP contribution in [0.4, 0.5) is 0 Å². The van der Waals surface area contributed by atoms with Gasteiger partial charge in [-0.25, -0.2) is 0 Å². The third-order valence-electron chi connectivity index (χ3n) is 2.95. The zero-order valence-electron chi connectivity index (χ0n) is 12.7. The monoisotopic (exact) mass is 278 g/mol. The van der Waals surface area contributed by atoms with E-state index in [0.29, 0.717) is 12.6 Å². The SMILES string of the molecule is CCCNC(C)Cc1ccc(OCC(=O)NCC)cc1. The van der Waals surface area contributed by atoms with Gasteiger partial charge in [-0.1, -0.05) is 19.1 Å². The van der Waals surface area contributed by atoms with Gasteiger partial charge in [0.2, 0.25) is 0 Å². The van der Waals surface area contributed by atoms with Crippen LogP contribution in [0.5, 0.6) is 5.75 Å². The zero-order chi connectivity index (χ0) is 14.8. The number of carbonyl (C=O) groups is 1. The van der Waals surface area contributed by atoms with Crippen molar-refractivity contribution in [2.45, 2.75) is 39.7 Å². The summed E-state index contributed by atoms with van der Waals surface area (Å²) in [6.07, 6.45) is 2.15. The Morgan fingerprint density at radius 1 is 1.25 bits per heavy atom. The van der Waals surface area contributed by atoms with E-state index in [0.717, 1.165) is 25.1 Å². The lowest BCUT2D eigenvalue weighted by Crippen LogP contribution is -2.28. The molecule has 1 aromatic carbocycles. The van der Waals surface area contributed by atoms with E-state index in [9.17, 15) is 4.79 Å². The molecule has 1 atom stereocenters. The van der Waals surface area contributed by atoms with Crippen LogP contribution in [0.1, 0.15) is 32.8 Å². The molecule has 0 bridgehead atoms. The van der Waals surface area contributed by atoms with Crippen molar-refractivity contribution in [2.24, 2.45) is 0 Å². The number of ether oxygens (including phenoxy) is 1. The predicted molar refractivity (Wildman–Crippen MR) is 82.1 cm³/mol. The van der Waals surface area contributed by atoms with Gasteiger partial charge in [0.1, 0.15) is 5.75 Å². The average Bonchev–Trinajstić information content (AvgIpc) is 2.45. The van der Waals surface area contributed by atoms with Gasteiger partial charge in [-0.3, -0.25) is 4.79 Å². The van der Waals surface area contributed by atoms with Crippen molar-refractivity contribution >= 4 is 5.91 Å². The van der Waals surface area contributed by atoms with E-state index in [2.05, 4.69) is 36.6 Å². The summed E-state index contributed by atoms with van der Waals surface area (Å²) in [5, 5.41) is 6.17. The Morgan fingerprint density at radius 3 is 2.55 bits per heavy atom. The highest BCUT2D eigenvalue weighted by Gasteiger charge is 2.04. The standard InChI is InChI=1S/C16H26N2O2/c1-4-10-18-13(3)11-14-6-8-15(9-7-14)20-12-16(19)17-5-2/h6-9,13,18H,4-5,10-12H2,1-3H3,(H,17,19). The fourth-order valence-corrected chi connectivity index (χ4v) is 1.94. The van der Waals surface area contributed by atoms with Crippen molar-refractivity contribution in [1.82, 2.24) is 10.6 Å². The van der Waals surface area contributed by atoms with Gasteiger partial charge in [-0.15, -0.1) is 0 Å². The molecule has 1 rings (SSSR count). The molecule has 0 saturated heterocycles. The summed E-state index contributed by atoms with van der Waals surface area (Å²) in [5.41, 5.74) is 1.27. The van der Waals surface area contributed by atoms with Gasteiger partial charge in [-0.05, 0) is 50.9 Å². The lowest BCUT2D eigenvalue weighted by atomic mass is 10.1. The van der Waals surface area contributed by atoms with E-state index < -0.39 is 0 Å². The third-order valence-corrected chi connectivity index (χ3v) is 2.95. The van der Waals surface area contributed by atoms with Gasteiger partial charge in [0.15, 0.2) is 6.61 Å². The van der Waals surface area contributed by atoms with Crippen LogP contribution in [0.15, 0.2) is 24.3 Å². The van der Waals surface area contributed by atoms with Crippen molar-refractivity contribution in [3.05, 3.63) is 29.8 Å². The molecule has 0 saturated carbocycles. The highest BCUT2D eigenvalue weighted by molar-refractivity contribution is 5.77. The van der Waals surface area contributed by atoms with E-state index >= 15 is 0 Å². The van der Waals surface area contributed by atoms with Crippen molar-refractivity contribution in [1.29, 1.82) is 0 Å². The lowest BCUT2D eigenvalue weighted by molar-refractivity contribution is -0.122. The summed E-state index contributed by atoms with van der Waals surface area (Å²) < 4.78 is 5.42. The highest BCUT2D eigenvalue weighted by atomic mass is 16.5. The van der Waals surface area contributed by atoms with Crippen LogP contribution in [0.25, 0.3) is 0 Å². The third kappa shape index (κ3) is 6.57.